The maximum atomic E-state index is 12.6. The van der Waals surface area contributed by atoms with Crippen LogP contribution in [0, 0.1) is 11.3 Å². The monoisotopic (exact) mass is 415 g/mol. The van der Waals surface area contributed by atoms with E-state index in [9.17, 15) is 14.9 Å². The number of amides is 2. The third-order valence-electron chi connectivity index (χ3n) is 4.12. The molecule has 0 saturated carbocycles. The van der Waals surface area contributed by atoms with E-state index in [0.29, 0.717) is 23.7 Å². The van der Waals surface area contributed by atoms with E-state index in [1.807, 2.05) is 54.5 Å². The van der Waals surface area contributed by atoms with E-state index in [-0.39, 0.29) is 36.2 Å². The second-order valence-electron chi connectivity index (χ2n) is 7.71. The zero-order valence-electron chi connectivity index (χ0n) is 19.0. The fourth-order valence-electron chi connectivity index (χ4n) is 3.04. The molecule has 1 N–H and O–H groups in total. The number of benzene rings is 1. The largest absolute Gasteiger partial charge is 0.490 e. The van der Waals surface area contributed by atoms with Crippen LogP contribution in [0.1, 0.15) is 54.0 Å². The van der Waals surface area contributed by atoms with Gasteiger partial charge < -0.3 is 19.7 Å². The average molecular weight is 416 g/mol. The normalized spacial score (nSPS) is 11.4. The summed E-state index contributed by atoms with van der Waals surface area (Å²) >= 11 is 0. The maximum absolute atomic E-state index is 12.6. The van der Waals surface area contributed by atoms with Gasteiger partial charge in [0.1, 0.15) is 11.6 Å². The summed E-state index contributed by atoms with van der Waals surface area (Å²) in [6.45, 7) is 13.7. The van der Waals surface area contributed by atoms with E-state index in [0.717, 1.165) is 0 Å². The van der Waals surface area contributed by atoms with Crippen molar-refractivity contribution in [3.05, 3.63) is 29.3 Å². The number of carbonyl (C=O) groups is 2. The van der Waals surface area contributed by atoms with Gasteiger partial charge in [-0.3, -0.25) is 9.59 Å². The maximum Gasteiger partial charge on any atom is 0.262 e. The highest BCUT2D eigenvalue weighted by Gasteiger charge is 2.21. The van der Waals surface area contributed by atoms with Crippen LogP contribution in [0.5, 0.6) is 11.5 Å². The lowest BCUT2D eigenvalue weighted by Gasteiger charge is -2.30. The van der Waals surface area contributed by atoms with Crippen LogP contribution in [0.2, 0.25) is 0 Å². The molecule has 0 saturated heterocycles. The molecule has 1 aromatic rings. The van der Waals surface area contributed by atoms with E-state index >= 15 is 0 Å². The highest BCUT2D eigenvalue weighted by Crippen LogP contribution is 2.29. The SMILES string of the molecule is CCOc1cc(/C=C(\C#N)C(=O)NC(C)C)ccc1OCC(=O)N(C(C)C)C(C)C. The molecule has 2 amide bonds. The van der Waals surface area contributed by atoms with Crippen molar-refractivity contribution in [2.75, 3.05) is 13.2 Å². The van der Waals surface area contributed by atoms with Gasteiger partial charge in [-0.2, -0.15) is 5.26 Å². The fraction of sp³-hybridized carbons (Fsp3) is 0.522. The first-order valence-corrected chi connectivity index (χ1v) is 10.2. The van der Waals surface area contributed by atoms with Crippen molar-refractivity contribution >= 4 is 17.9 Å². The van der Waals surface area contributed by atoms with E-state index in [1.165, 1.54) is 6.08 Å². The van der Waals surface area contributed by atoms with Crippen molar-refractivity contribution in [3.8, 4) is 17.6 Å². The molecule has 0 aromatic heterocycles. The molecular formula is C23H33N3O4. The van der Waals surface area contributed by atoms with Gasteiger partial charge in [0, 0.05) is 18.1 Å². The number of rotatable bonds is 10. The zero-order valence-corrected chi connectivity index (χ0v) is 19.0. The zero-order chi connectivity index (χ0) is 22.8. The smallest absolute Gasteiger partial charge is 0.262 e. The van der Waals surface area contributed by atoms with Crippen LogP contribution in [0.3, 0.4) is 0 Å². The summed E-state index contributed by atoms with van der Waals surface area (Å²) in [5, 5.41) is 12.0. The summed E-state index contributed by atoms with van der Waals surface area (Å²) in [4.78, 5) is 26.4. The molecule has 0 bridgehead atoms. The first-order valence-electron chi connectivity index (χ1n) is 10.2. The molecular weight excluding hydrogens is 382 g/mol. The van der Waals surface area contributed by atoms with Crippen molar-refractivity contribution in [2.45, 2.75) is 66.6 Å². The van der Waals surface area contributed by atoms with Gasteiger partial charge in [0.25, 0.3) is 11.8 Å². The quantitative estimate of drug-likeness (QED) is 0.466. The third-order valence-corrected chi connectivity index (χ3v) is 4.12. The van der Waals surface area contributed by atoms with Crippen molar-refractivity contribution < 1.29 is 19.1 Å². The number of nitrogens with zero attached hydrogens (tertiary/aromatic N) is 2. The Morgan fingerprint density at radius 1 is 1.10 bits per heavy atom. The van der Waals surface area contributed by atoms with Crippen LogP contribution >= 0.6 is 0 Å². The Kier molecular flexibility index (Phi) is 9.90. The van der Waals surface area contributed by atoms with Crippen LogP contribution in [0.25, 0.3) is 6.08 Å². The van der Waals surface area contributed by atoms with Gasteiger partial charge in [0.05, 0.1) is 6.61 Å². The Morgan fingerprint density at radius 2 is 1.73 bits per heavy atom. The van der Waals surface area contributed by atoms with Gasteiger partial charge in [0.2, 0.25) is 0 Å². The molecule has 1 rings (SSSR count). The lowest BCUT2D eigenvalue weighted by molar-refractivity contribution is -0.137. The fourth-order valence-corrected chi connectivity index (χ4v) is 3.04. The minimum atomic E-state index is -0.432. The second-order valence-corrected chi connectivity index (χ2v) is 7.71. The standard InChI is InChI=1S/C23H33N3O4/c1-8-29-21-12-18(11-19(13-24)23(28)25-15(2)3)9-10-20(21)30-14-22(27)26(16(4)5)17(6)7/h9-12,15-17H,8,14H2,1-7H3,(H,25,28)/b19-11+. The summed E-state index contributed by atoms with van der Waals surface area (Å²) in [6.07, 6.45) is 1.49. The van der Waals surface area contributed by atoms with E-state index in [4.69, 9.17) is 9.47 Å². The van der Waals surface area contributed by atoms with Crippen molar-refractivity contribution in [1.29, 1.82) is 5.26 Å². The van der Waals surface area contributed by atoms with E-state index in [2.05, 4.69) is 5.32 Å². The lowest BCUT2D eigenvalue weighted by atomic mass is 10.1. The topological polar surface area (TPSA) is 91.7 Å². The van der Waals surface area contributed by atoms with Crippen LogP contribution in [0.4, 0.5) is 0 Å². The summed E-state index contributed by atoms with van der Waals surface area (Å²) in [7, 11) is 0. The lowest BCUT2D eigenvalue weighted by Crippen LogP contribution is -2.44. The van der Waals surface area contributed by atoms with Crippen LogP contribution < -0.4 is 14.8 Å². The molecule has 0 atom stereocenters. The van der Waals surface area contributed by atoms with Crippen LogP contribution in [-0.4, -0.2) is 48.1 Å². The molecule has 0 aliphatic rings. The highest BCUT2D eigenvalue weighted by molar-refractivity contribution is 6.01. The Hall–Kier alpha value is -3.01. The predicted molar refractivity (Wildman–Crippen MR) is 117 cm³/mol. The molecule has 1 aromatic carbocycles. The summed E-state index contributed by atoms with van der Waals surface area (Å²) in [5.74, 6) is 0.337. The third kappa shape index (κ3) is 7.43. The molecule has 164 valence electrons. The van der Waals surface area contributed by atoms with Crippen LogP contribution in [0.15, 0.2) is 23.8 Å². The molecule has 0 aliphatic heterocycles. The van der Waals surface area contributed by atoms with Gasteiger partial charge >= 0.3 is 0 Å². The molecule has 30 heavy (non-hydrogen) atoms. The summed E-state index contributed by atoms with van der Waals surface area (Å²) in [5.41, 5.74) is 0.623. The molecule has 0 spiro atoms. The van der Waals surface area contributed by atoms with Gasteiger partial charge in [-0.15, -0.1) is 0 Å². The number of nitrogens with one attached hydrogen (secondary N) is 1. The molecule has 0 heterocycles. The molecule has 7 nitrogen and oxygen atoms in total. The number of nitriles is 1. The second kappa shape index (κ2) is 11.9. The van der Waals surface area contributed by atoms with Gasteiger partial charge in [-0.05, 0) is 72.2 Å². The Balaban J connectivity index is 3.06. The Morgan fingerprint density at radius 3 is 2.23 bits per heavy atom. The Labute approximate surface area is 179 Å². The number of carbonyl (C=O) groups excluding carboxylic acids is 2. The average Bonchev–Trinajstić information content (AvgIpc) is 2.64. The minimum Gasteiger partial charge on any atom is -0.490 e. The van der Waals surface area contributed by atoms with Crippen molar-refractivity contribution in [2.24, 2.45) is 0 Å². The van der Waals surface area contributed by atoms with Crippen LogP contribution in [-0.2, 0) is 9.59 Å². The number of hydrogen-bond donors (Lipinski definition) is 1. The molecule has 0 fully saturated rings. The van der Waals surface area contributed by atoms with Crippen molar-refractivity contribution in [1.82, 2.24) is 10.2 Å². The minimum absolute atomic E-state index is 0.000460. The number of ether oxygens (including phenoxy) is 2. The molecule has 0 radical (unpaired) electrons. The van der Waals surface area contributed by atoms with E-state index < -0.39 is 5.91 Å². The molecule has 0 aliphatic carbocycles. The van der Waals surface area contributed by atoms with Gasteiger partial charge in [0.15, 0.2) is 18.1 Å². The van der Waals surface area contributed by atoms with Gasteiger partial charge in [-0.1, -0.05) is 6.07 Å². The number of hydrogen-bond acceptors (Lipinski definition) is 5. The molecule has 7 heteroatoms. The predicted octanol–water partition coefficient (Wildman–Crippen LogP) is 3.54. The Bertz CT molecular complexity index is 799. The highest BCUT2D eigenvalue weighted by atomic mass is 16.5. The first kappa shape index (κ1) is 25.0. The molecule has 0 unspecified atom stereocenters. The van der Waals surface area contributed by atoms with Gasteiger partial charge in [-0.25, -0.2) is 0 Å². The van der Waals surface area contributed by atoms with Crippen molar-refractivity contribution in [3.63, 3.8) is 0 Å². The first-order chi connectivity index (χ1) is 14.1. The summed E-state index contributed by atoms with van der Waals surface area (Å²) in [6, 6.07) is 7.07. The van der Waals surface area contributed by atoms with E-state index in [1.54, 1.807) is 23.1 Å². The summed E-state index contributed by atoms with van der Waals surface area (Å²) < 4.78 is 11.4.